The summed E-state index contributed by atoms with van der Waals surface area (Å²) in [6.45, 7) is 10.5. The first-order valence-corrected chi connectivity index (χ1v) is 13.5. The lowest BCUT2D eigenvalue weighted by Crippen LogP contribution is -2.41. The summed E-state index contributed by atoms with van der Waals surface area (Å²) in [5.41, 5.74) is 0.552. The fourth-order valence-electron chi connectivity index (χ4n) is 3.05. The zero-order chi connectivity index (χ0) is 29.9. The van der Waals surface area contributed by atoms with Gasteiger partial charge < -0.3 is 38.5 Å². The van der Waals surface area contributed by atoms with Crippen LogP contribution in [0.5, 0.6) is 11.5 Å². The first kappa shape index (κ1) is 34.5. The molecule has 1 N–H and O–H groups in total. The van der Waals surface area contributed by atoms with E-state index in [9.17, 15) is 19.2 Å². The third-order valence-electron chi connectivity index (χ3n) is 5.29. The molecule has 0 radical (unpaired) electrons. The molecule has 1 aromatic rings. The Balaban J connectivity index is 2.96. The van der Waals surface area contributed by atoms with Gasteiger partial charge in [0.2, 0.25) is 0 Å². The zero-order valence-electron chi connectivity index (χ0n) is 24.3. The SMILES string of the molecule is CCCOC(=O)OCCN[C@@H](Cc1ccc(OC(=O)OCCC(C)C)c(OC(=O)OCCC(C)C)c1)C(=O)OC. The van der Waals surface area contributed by atoms with Crippen LogP contribution in [-0.2, 0) is 34.9 Å². The number of hydrogen-bond donors (Lipinski definition) is 1. The van der Waals surface area contributed by atoms with Gasteiger partial charge in [0.25, 0.3) is 0 Å². The van der Waals surface area contributed by atoms with Crippen molar-refractivity contribution >= 4 is 24.4 Å². The van der Waals surface area contributed by atoms with E-state index in [0.717, 1.165) is 0 Å². The summed E-state index contributed by atoms with van der Waals surface area (Å²) in [7, 11) is 1.25. The van der Waals surface area contributed by atoms with E-state index in [1.807, 2.05) is 34.6 Å². The topological polar surface area (TPSA) is 145 Å². The summed E-state index contributed by atoms with van der Waals surface area (Å²) in [4.78, 5) is 48.4. The molecular weight excluding hydrogens is 526 g/mol. The molecule has 1 aromatic carbocycles. The molecule has 0 bridgehead atoms. The summed E-state index contributed by atoms with van der Waals surface area (Å²) in [6.07, 6.45) is -0.616. The molecule has 226 valence electrons. The van der Waals surface area contributed by atoms with Crippen molar-refractivity contribution < 1.29 is 52.3 Å². The van der Waals surface area contributed by atoms with Crippen molar-refractivity contribution in [3.63, 3.8) is 0 Å². The lowest BCUT2D eigenvalue weighted by molar-refractivity contribution is -0.143. The molecule has 0 spiro atoms. The van der Waals surface area contributed by atoms with Crippen molar-refractivity contribution in [2.45, 2.75) is 66.3 Å². The highest BCUT2D eigenvalue weighted by Gasteiger charge is 2.22. The number of hydrogen-bond acceptors (Lipinski definition) is 12. The maximum Gasteiger partial charge on any atom is 0.513 e. The zero-order valence-corrected chi connectivity index (χ0v) is 24.3. The molecule has 0 aliphatic carbocycles. The number of esters is 1. The molecule has 12 heteroatoms. The summed E-state index contributed by atoms with van der Waals surface area (Å²) < 4.78 is 35.5. The van der Waals surface area contributed by atoms with E-state index in [1.54, 1.807) is 6.07 Å². The Morgan fingerprint density at radius 3 is 1.85 bits per heavy atom. The maximum absolute atomic E-state index is 12.4. The van der Waals surface area contributed by atoms with Gasteiger partial charge in [-0.25, -0.2) is 14.4 Å². The maximum atomic E-state index is 12.4. The molecule has 0 aliphatic rings. The largest absolute Gasteiger partial charge is 0.513 e. The molecule has 0 unspecified atom stereocenters. The molecule has 1 atom stereocenters. The van der Waals surface area contributed by atoms with Gasteiger partial charge in [0.1, 0.15) is 12.6 Å². The van der Waals surface area contributed by atoms with Crippen LogP contribution in [0.3, 0.4) is 0 Å². The number of rotatable bonds is 17. The molecule has 0 amide bonds. The van der Waals surface area contributed by atoms with Gasteiger partial charge in [-0.15, -0.1) is 0 Å². The summed E-state index contributed by atoms with van der Waals surface area (Å²) in [5, 5.41) is 2.96. The van der Waals surface area contributed by atoms with Gasteiger partial charge in [-0.3, -0.25) is 4.79 Å². The van der Waals surface area contributed by atoms with Crippen LogP contribution in [0.1, 0.15) is 59.4 Å². The standard InChI is InChI=1S/C28H43NO11/c1-7-13-35-26(31)38-16-12-29-22(25(30)34-6)17-21-8-9-23(39-27(32)36-14-10-19(2)3)24(18-21)40-28(33)37-15-11-20(4)5/h8-9,18-20,22,29H,7,10-17H2,1-6H3/t22-/m0/s1. The molecule has 0 heterocycles. The van der Waals surface area contributed by atoms with E-state index in [-0.39, 0.29) is 50.9 Å². The fourth-order valence-corrected chi connectivity index (χ4v) is 3.05. The Kier molecular flexibility index (Phi) is 16.8. The number of ether oxygens (including phenoxy) is 7. The molecule has 0 saturated heterocycles. The van der Waals surface area contributed by atoms with Crippen LogP contribution in [0.15, 0.2) is 18.2 Å². The summed E-state index contributed by atoms with van der Waals surface area (Å²) in [5.74, 6) is -0.0347. The Labute approximate surface area is 235 Å². The van der Waals surface area contributed by atoms with E-state index >= 15 is 0 Å². The third-order valence-corrected chi connectivity index (χ3v) is 5.29. The highest BCUT2D eigenvalue weighted by Crippen LogP contribution is 2.30. The molecule has 12 nitrogen and oxygen atoms in total. The predicted molar refractivity (Wildman–Crippen MR) is 144 cm³/mol. The van der Waals surface area contributed by atoms with Gasteiger partial charge in [-0.05, 0) is 55.2 Å². The van der Waals surface area contributed by atoms with Crippen LogP contribution in [0.25, 0.3) is 0 Å². The molecule has 0 aliphatic heterocycles. The van der Waals surface area contributed by atoms with Crippen LogP contribution in [0.4, 0.5) is 14.4 Å². The predicted octanol–water partition coefficient (Wildman–Crippen LogP) is 5.05. The highest BCUT2D eigenvalue weighted by atomic mass is 16.7. The minimum atomic E-state index is -0.967. The fraction of sp³-hybridized carbons (Fsp3) is 0.643. The third kappa shape index (κ3) is 15.2. The van der Waals surface area contributed by atoms with Crippen molar-refractivity contribution in [1.82, 2.24) is 5.32 Å². The molecule has 0 aromatic heterocycles. The Hall–Kier alpha value is -3.54. The number of nitrogens with one attached hydrogen (secondary N) is 1. The highest BCUT2D eigenvalue weighted by molar-refractivity contribution is 5.76. The normalized spacial score (nSPS) is 11.5. The number of methoxy groups -OCH3 is 1. The van der Waals surface area contributed by atoms with Crippen molar-refractivity contribution in [2.24, 2.45) is 11.8 Å². The van der Waals surface area contributed by atoms with Crippen molar-refractivity contribution in [3.05, 3.63) is 23.8 Å². The van der Waals surface area contributed by atoms with Gasteiger partial charge in [-0.1, -0.05) is 40.7 Å². The molecule has 1 rings (SSSR count). The molecule has 40 heavy (non-hydrogen) atoms. The molecular formula is C28H43NO11. The first-order valence-electron chi connectivity index (χ1n) is 13.5. The van der Waals surface area contributed by atoms with Gasteiger partial charge in [0.05, 0.1) is 26.9 Å². The van der Waals surface area contributed by atoms with E-state index in [1.165, 1.54) is 19.2 Å². The average molecular weight is 570 g/mol. The van der Waals surface area contributed by atoms with Crippen LogP contribution in [0, 0.1) is 11.8 Å². The second kappa shape index (κ2) is 19.5. The van der Waals surface area contributed by atoms with E-state index in [4.69, 9.17) is 33.2 Å². The number of benzene rings is 1. The monoisotopic (exact) mass is 569 g/mol. The van der Waals surface area contributed by atoms with Crippen LogP contribution in [0.2, 0.25) is 0 Å². The minimum Gasteiger partial charge on any atom is -0.468 e. The number of carbonyl (C=O) groups is 4. The smallest absolute Gasteiger partial charge is 0.468 e. The quantitative estimate of drug-likeness (QED) is 0.116. The van der Waals surface area contributed by atoms with Gasteiger partial charge in [-0.2, -0.15) is 0 Å². The van der Waals surface area contributed by atoms with Crippen molar-refractivity contribution in [1.29, 1.82) is 0 Å². The Morgan fingerprint density at radius 2 is 1.30 bits per heavy atom. The Morgan fingerprint density at radius 1 is 0.750 bits per heavy atom. The second-order valence-corrected chi connectivity index (χ2v) is 9.73. The van der Waals surface area contributed by atoms with Crippen molar-refractivity contribution in [3.8, 4) is 11.5 Å². The van der Waals surface area contributed by atoms with Gasteiger partial charge in [0.15, 0.2) is 11.5 Å². The van der Waals surface area contributed by atoms with Gasteiger partial charge >= 0.3 is 24.4 Å². The van der Waals surface area contributed by atoms with E-state index < -0.39 is 30.5 Å². The average Bonchev–Trinajstić information content (AvgIpc) is 2.89. The summed E-state index contributed by atoms with van der Waals surface area (Å²) in [6, 6.07) is 3.66. The van der Waals surface area contributed by atoms with Crippen LogP contribution in [-0.4, -0.2) is 70.6 Å². The lowest BCUT2D eigenvalue weighted by atomic mass is 10.1. The second-order valence-electron chi connectivity index (χ2n) is 9.73. The summed E-state index contributed by atoms with van der Waals surface area (Å²) >= 11 is 0. The Bertz CT molecular complexity index is 933. The minimum absolute atomic E-state index is 0.0294. The number of carbonyl (C=O) groups excluding carboxylic acids is 4. The van der Waals surface area contributed by atoms with Gasteiger partial charge in [0, 0.05) is 6.54 Å². The first-order chi connectivity index (χ1) is 19.0. The van der Waals surface area contributed by atoms with Crippen LogP contribution >= 0.6 is 0 Å². The van der Waals surface area contributed by atoms with E-state index in [0.29, 0.717) is 36.7 Å². The lowest BCUT2D eigenvalue weighted by Gasteiger charge is -2.18. The molecule has 0 fully saturated rings. The van der Waals surface area contributed by atoms with E-state index in [2.05, 4.69) is 5.32 Å². The van der Waals surface area contributed by atoms with Crippen molar-refractivity contribution in [2.75, 3.05) is 40.1 Å². The molecule has 0 saturated carbocycles. The van der Waals surface area contributed by atoms with Crippen LogP contribution < -0.4 is 14.8 Å².